The number of fused-ring (bicyclic) bond motifs is 2. The summed E-state index contributed by atoms with van der Waals surface area (Å²) in [6.45, 7) is 3.96. The second-order valence-corrected chi connectivity index (χ2v) is 10.7. The van der Waals surface area contributed by atoms with Gasteiger partial charge in [0.25, 0.3) is 0 Å². The van der Waals surface area contributed by atoms with Gasteiger partial charge in [0, 0.05) is 26.2 Å². The molecule has 0 saturated carbocycles. The Hall–Kier alpha value is -2.93. The Kier molecular flexibility index (Phi) is 7.63. The topological polar surface area (TPSA) is 54.0 Å². The number of hydrogen-bond donors (Lipinski definition) is 2. The van der Waals surface area contributed by atoms with Gasteiger partial charge in [0.05, 0.1) is 25.4 Å². The highest BCUT2D eigenvalue weighted by molar-refractivity contribution is 5.87. The van der Waals surface area contributed by atoms with Crippen LogP contribution in [0.1, 0.15) is 42.4 Å². The number of allylic oxidation sites excluding steroid dienone is 3. The molecular formula is C32H37FN2O3. The van der Waals surface area contributed by atoms with Crippen LogP contribution in [0.5, 0.6) is 11.5 Å². The predicted octanol–water partition coefficient (Wildman–Crippen LogP) is 5.20. The van der Waals surface area contributed by atoms with Crippen LogP contribution in [-0.4, -0.2) is 67.7 Å². The maximum atomic E-state index is 12.5. The SMILES string of the molecule is Oc1ccc2c(c1)CCCC(C1=CC3NCCOC3C=C1)=C2c1ccc(O[C@H]2CCN(CCCF)C2)cc1. The van der Waals surface area contributed by atoms with Crippen LogP contribution in [-0.2, 0) is 11.2 Å². The van der Waals surface area contributed by atoms with Crippen LogP contribution in [0.4, 0.5) is 4.39 Å². The van der Waals surface area contributed by atoms with E-state index in [0.717, 1.165) is 69.8 Å². The van der Waals surface area contributed by atoms with Gasteiger partial charge in [-0.05, 0) is 89.8 Å². The highest BCUT2D eigenvalue weighted by Crippen LogP contribution is 2.41. The maximum absolute atomic E-state index is 12.5. The van der Waals surface area contributed by atoms with E-state index in [1.165, 1.54) is 27.8 Å². The lowest BCUT2D eigenvalue weighted by Crippen LogP contribution is -2.47. The number of likely N-dealkylation sites (tertiary alicyclic amines) is 1. The summed E-state index contributed by atoms with van der Waals surface area (Å²) < 4.78 is 24.8. The summed E-state index contributed by atoms with van der Waals surface area (Å²) in [7, 11) is 0. The molecule has 2 fully saturated rings. The molecule has 2 aromatic carbocycles. The molecule has 0 amide bonds. The fraction of sp³-hybridized carbons (Fsp3) is 0.438. The lowest BCUT2D eigenvalue weighted by Gasteiger charge is -2.32. The molecule has 6 heteroatoms. The molecule has 0 spiro atoms. The number of alkyl halides is 1. The number of phenolic OH excluding ortho intramolecular Hbond substituents is 1. The molecule has 2 saturated heterocycles. The second-order valence-electron chi connectivity index (χ2n) is 10.7. The zero-order valence-corrected chi connectivity index (χ0v) is 21.9. The number of nitrogens with one attached hydrogen (secondary N) is 1. The molecule has 2 aromatic rings. The molecular weight excluding hydrogens is 479 g/mol. The van der Waals surface area contributed by atoms with Crippen LogP contribution < -0.4 is 10.1 Å². The standard InChI is InChI=1S/C32H37FN2O3/c33-14-2-16-35-17-13-27(21-35)38-26-9-5-22(6-10-26)32-28(4-1-3-23-19-25(36)8-11-29(23)32)24-7-12-31-30(20-24)34-15-18-37-31/h5-12,19-20,27,30-31,34,36H,1-4,13-18,21H2/t27-,30?,31?/m0/s1. The molecule has 2 unspecified atom stereocenters. The number of aryl methyl sites for hydroxylation is 1. The number of benzene rings is 2. The Balaban J connectivity index is 1.31. The van der Waals surface area contributed by atoms with Crippen molar-refractivity contribution in [2.24, 2.45) is 0 Å². The molecule has 0 aromatic heterocycles. The molecule has 0 bridgehead atoms. The minimum atomic E-state index is -0.262. The number of aromatic hydroxyl groups is 1. The van der Waals surface area contributed by atoms with Crippen LogP contribution in [0, 0.1) is 0 Å². The van der Waals surface area contributed by atoms with Gasteiger partial charge < -0.3 is 19.9 Å². The Labute approximate surface area is 224 Å². The summed E-state index contributed by atoms with van der Waals surface area (Å²) in [6.07, 6.45) is 11.5. The van der Waals surface area contributed by atoms with Gasteiger partial charge in [-0.3, -0.25) is 9.29 Å². The van der Waals surface area contributed by atoms with Crippen LogP contribution in [0.2, 0.25) is 0 Å². The van der Waals surface area contributed by atoms with Crippen molar-refractivity contribution in [3.63, 3.8) is 0 Å². The fourth-order valence-electron chi connectivity index (χ4n) is 6.28. The van der Waals surface area contributed by atoms with Crippen molar-refractivity contribution in [2.45, 2.75) is 50.4 Å². The number of phenols is 1. The number of morpholine rings is 1. The van der Waals surface area contributed by atoms with Crippen molar-refractivity contribution in [2.75, 3.05) is 39.5 Å². The van der Waals surface area contributed by atoms with Gasteiger partial charge in [0.15, 0.2) is 0 Å². The molecule has 0 radical (unpaired) electrons. The van der Waals surface area contributed by atoms with Gasteiger partial charge in [-0.1, -0.05) is 36.4 Å². The molecule has 2 heterocycles. The van der Waals surface area contributed by atoms with Crippen molar-refractivity contribution >= 4 is 5.57 Å². The number of rotatable bonds is 7. The average molecular weight is 517 g/mol. The van der Waals surface area contributed by atoms with E-state index in [4.69, 9.17) is 9.47 Å². The van der Waals surface area contributed by atoms with Crippen molar-refractivity contribution in [3.05, 3.63) is 88.5 Å². The summed E-state index contributed by atoms with van der Waals surface area (Å²) in [5.74, 6) is 1.19. The normalized spacial score (nSPS) is 25.5. The van der Waals surface area contributed by atoms with Crippen LogP contribution in [0.15, 0.2) is 71.8 Å². The van der Waals surface area contributed by atoms with Gasteiger partial charge in [-0.25, -0.2) is 0 Å². The van der Waals surface area contributed by atoms with Crippen LogP contribution in [0.3, 0.4) is 0 Å². The van der Waals surface area contributed by atoms with Gasteiger partial charge >= 0.3 is 0 Å². The van der Waals surface area contributed by atoms with Crippen LogP contribution >= 0.6 is 0 Å². The first kappa shape index (κ1) is 25.4. The smallest absolute Gasteiger partial charge is 0.119 e. The molecule has 2 N–H and O–H groups in total. The monoisotopic (exact) mass is 516 g/mol. The fourth-order valence-corrected chi connectivity index (χ4v) is 6.28. The highest BCUT2D eigenvalue weighted by Gasteiger charge is 2.28. The van der Waals surface area contributed by atoms with Gasteiger partial charge in [0.1, 0.15) is 17.6 Å². The Morgan fingerprint density at radius 3 is 2.89 bits per heavy atom. The van der Waals surface area contributed by atoms with Crippen LogP contribution in [0.25, 0.3) is 5.57 Å². The van der Waals surface area contributed by atoms with Gasteiger partial charge in [-0.2, -0.15) is 0 Å². The summed E-state index contributed by atoms with van der Waals surface area (Å²) in [4.78, 5) is 2.29. The zero-order valence-electron chi connectivity index (χ0n) is 21.9. The predicted molar refractivity (Wildman–Crippen MR) is 148 cm³/mol. The lowest BCUT2D eigenvalue weighted by molar-refractivity contribution is 0.0382. The largest absolute Gasteiger partial charge is 0.508 e. The Bertz CT molecular complexity index is 1240. The van der Waals surface area contributed by atoms with E-state index in [0.29, 0.717) is 12.2 Å². The number of ether oxygens (including phenoxy) is 2. The van der Waals surface area contributed by atoms with E-state index in [1.54, 1.807) is 6.07 Å². The first-order chi connectivity index (χ1) is 18.7. The maximum Gasteiger partial charge on any atom is 0.119 e. The Morgan fingerprint density at radius 2 is 2.03 bits per heavy atom. The molecule has 38 heavy (non-hydrogen) atoms. The van der Waals surface area contributed by atoms with Crippen molar-refractivity contribution < 1.29 is 19.0 Å². The molecule has 6 rings (SSSR count). The average Bonchev–Trinajstić information content (AvgIpc) is 3.30. The third-order valence-electron chi connectivity index (χ3n) is 8.14. The first-order valence-corrected chi connectivity index (χ1v) is 14.0. The Morgan fingerprint density at radius 1 is 1.13 bits per heavy atom. The van der Waals surface area contributed by atoms with E-state index in [9.17, 15) is 9.50 Å². The first-order valence-electron chi connectivity index (χ1n) is 14.0. The number of halogens is 1. The van der Waals surface area contributed by atoms with E-state index in [1.807, 2.05) is 6.07 Å². The molecule has 2 aliphatic carbocycles. The summed E-state index contributed by atoms with van der Waals surface area (Å²) >= 11 is 0. The molecule has 2 aliphatic heterocycles. The molecule has 200 valence electrons. The van der Waals surface area contributed by atoms with E-state index in [2.05, 4.69) is 58.8 Å². The zero-order chi connectivity index (χ0) is 25.9. The second kappa shape index (κ2) is 11.4. The van der Waals surface area contributed by atoms with E-state index >= 15 is 0 Å². The van der Waals surface area contributed by atoms with Crippen molar-refractivity contribution in [1.29, 1.82) is 0 Å². The number of hydrogen-bond acceptors (Lipinski definition) is 5. The molecule has 4 aliphatic rings. The van der Waals surface area contributed by atoms with Crippen molar-refractivity contribution in [1.82, 2.24) is 10.2 Å². The molecule has 3 atom stereocenters. The van der Waals surface area contributed by atoms with Gasteiger partial charge in [-0.15, -0.1) is 0 Å². The third kappa shape index (κ3) is 5.44. The summed E-state index contributed by atoms with van der Waals surface area (Å²) in [5.41, 5.74) is 7.35. The molecule has 5 nitrogen and oxygen atoms in total. The summed E-state index contributed by atoms with van der Waals surface area (Å²) in [5, 5.41) is 13.8. The third-order valence-corrected chi connectivity index (χ3v) is 8.14. The van der Waals surface area contributed by atoms with E-state index < -0.39 is 0 Å². The minimum Gasteiger partial charge on any atom is -0.508 e. The summed E-state index contributed by atoms with van der Waals surface area (Å²) in [6, 6.07) is 14.5. The van der Waals surface area contributed by atoms with Crippen molar-refractivity contribution in [3.8, 4) is 11.5 Å². The lowest BCUT2D eigenvalue weighted by atomic mass is 9.85. The highest BCUT2D eigenvalue weighted by atomic mass is 19.1. The minimum absolute atomic E-state index is 0.0893. The van der Waals surface area contributed by atoms with E-state index in [-0.39, 0.29) is 24.9 Å². The van der Waals surface area contributed by atoms with Gasteiger partial charge in [0.2, 0.25) is 0 Å². The quantitative estimate of drug-likeness (QED) is 0.530. The number of nitrogens with zero attached hydrogens (tertiary/aromatic N) is 1.